The van der Waals surface area contributed by atoms with Crippen LogP contribution < -0.4 is 4.90 Å². The summed E-state index contributed by atoms with van der Waals surface area (Å²) in [5.41, 5.74) is 2.18. The number of carbonyl (C=O) groups is 1. The molecule has 1 saturated heterocycles. The van der Waals surface area contributed by atoms with Crippen LogP contribution in [-0.2, 0) is 0 Å². The lowest BCUT2D eigenvalue weighted by atomic mass is 9.97. The molecule has 0 radical (unpaired) electrons. The molecule has 15 heavy (non-hydrogen) atoms. The van der Waals surface area contributed by atoms with Crippen LogP contribution in [0.3, 0.4) is 0 Å². The molecule has 1 aromatic rings. The molecule has 3 heteroatoms. The largest absolute Gasteiger partial charge is 0.355 e. The molecule has 2 fully saturated rings. The number of rotatable bonds is 2. The van der Waals surface area contributed by atoms with Gasteiger partial charge in [-0.05, 0) is 31.9 Å². The van der Waals surface area contributed by atoms with Gasteiger partial charge in [-0.2, -0.15) is 0 Å². The van der Waals surface area contributed by atoms with Crippen molar-refractivity contribution in [3.63, 3.8) is 0 Å². The molecule has 3 rings (SSSR count). The minimum Gasteiger partial charge on any atom is -0.355 e. The van der Waals surface area contributed by atoms with Gasteiger partial charge in [-0.1, -0.05) is 0 Å². The SMILES string of the molecule is Cc1nc(N2CC3(CC3)C2)ccc1C=O. The van der Waals surface area contributed by atoms with E-state index in [0.717, 1.165) is 30.9 Å². The van der Waals surface area contributed by atoms with E-state index in [1.54, 1.807) is 0 Å². The Morgan fingerprint density at radius 2 is 2.13 bits per heavy atom. The van der Waals surface area contributed by atoms with E-state index in [4.69, 9.17) is 0 Å². The summed E-state index contributed by atoms with van der Waals surface area (Å²) in [6.07, 6.45) is 3.63. The van der Waals surface area contributed by atoms with Crippen molar-refractivity contribution in [2.24, 2.45) is 5.41 Å². The molecule has 1 aliphatic carbocycles. The van der Waals surface area contributed by atoms with E-state index in [9.17, 15) is 4.79 Å². The van der Waals surface area contributed by atoms with Gasteiger partial charge in [0.15, 0.2) is 6.29 Å². The van der Waals surface area contributed by atoms with Crippen LogP contribution in [0.1, 0.15) is 28.9 Å². The van der Waals surface area contributed by atoms with E-state index >= 15 is 0 Å². The van der Waals surface area contributed by atoms with Gasteiger partial charge in [-0.15, -0.1) is 0 Å². The first kappa shape index (κ1) is 8.89. The maximum absolute atomic E-state index is 10.7. The van der Waals surface area contributed by atoms with Gasteiger partial charge < -0.3 is 4.90 Å². The Balaban J connectivity index is 1.81. The molecule has 0 N–H and O–H groups in total. The third kappa shape index (κ3) is 1.34. The van der Waals surface area contributed by atoms with Crippen LogP contribution in [0.2, 0.25) is 0 Å². The molecule has 1 aromatic heterocycles. The highest BCUT2D eigenvalue weighted by Gasteiger charge is 2.52. The van der Waals surface area contributed by atoms with Crippen molar-refractivity contribution in [3.05, 3.63) is 23.4 Å². The van der Waals surface area contributed by atoms with Crippen LogP contribution in [0.25, 0.3) is 0 Å². The predicted octanol–water partition coefficient (Wildman–Crippen LogP) is 1.80. The van der Waals surface area contributed by atoms with Crippen molar-refractivity contribution in [3.8, 4) is 0 Å². The lowest BCUT2D eigenvalue weighted by molar-refractivity contribution is 0.112. The first-order valence-electron chi connectivity index (χ1n) is 5.40. The van der Waals surface area contributed by atoms with Crippen molar-refractivity contribution < 1.29 is 4.79 Å². The van der Waals surface area contributed by atoms with Crippen LogP contribution >= 0.6 is 0 Å². The van der Waals surface area contributed by atoms with Crippen molar-refractivity contribution in [2.45, 2.75) is 19.8 Å². The van der Waals surface area contributed by atoms with Gasteiger partial charge in [0.05, 0.1) is 5.69 Å². The number of hydrogen-bond donors (Lipinski definition) is 0. The molecular weight excluding hydrogens is 188 g/mol. The number of aryl methyl sites for hydroxylation is 1. The van der Waals surface area contributed by atoms with Crippen LogP contribution in [0, 0.1) is 12.3 Å². The molecule has 3 nitrogen and oxygen atoms in total. The van der Waals surface area contributed by atoms with Crippen molar-refractivity contribution in [2.75, 3.05) is 18.0 Å². The molecule has 78 valence electrons. The van der Waals surface area contributed by atoms with Crippen LogP contribution in [0.15, 0.2) is 12.1 Å². The van der Waals surface area contributed by atoms with Gasteiger partial charge in [0, 0.05) is 24.1 Å². The molecule has 0 atom stereocenters. The fraction of sp³-hybridized carbons (Fsp3) is 0.500. The molecule has 1 saturated carbocycles. The van der Waals surface area contributed by atoms with Gasteiger partial charge in [-0.25, -0.2) is 4.98 Å². The molecule has 1 aliphatic heterocycles. The minimum atomic E-state index is 0.652. The quantitative estimate of drug-likeness (QED) is 0.686. The second-order valence-electron chi connectivity index (χ2n) is 4.82. The van der Waals surface area contributed by atoms with Gasteiger partial charge in [-0.3, -0.25) is 4.79 Å². The molecule has 0 unspecified atom stereocenters. The smallest absolute Gasteiger partial charge is 0.151 e. The molecule has 0 bridgehead atoms. The highest BCUT2D eigenvalue weighted by atomic mass is 16.1. The zero-order valence-electron chi connectivity index (χ0n) is 8.86. The molecule has 2 heterocycles. The number of carbonyl (C=O) groups excluding carboxylic acids is 1. The minimum absolute atomic E-state index is 0.652. The maximum Gasteiger partial charge on any atom is 0.151 e. The fourth-order valence-electron chi connectivity index (χ4n) is 2.28. The standard InChI is InChI=1S/C12H14N2O/c1-9-10(6-15)2-3-11(13-9)14-7-12(8-14)4-5-12/h2-3,6H,4-5,7-8H2,1H3. The molecule has 2 aliphatic rings. The summed E-state index contributed by atoms with van der Waals surface area (Å²) in [5, 5.41) is 0. The Hall–Kier alpha value is -1.38. The normalized spacial score (nSPS) is 21.3. The van der Waals surface area contributed by atoms with Crippen molar-refractivity contribution in [1.82, 2.24) is 4.98 Å². The number of aromatic nitrogens is 1. The number of anilines is 1. The van der Waals surface area contributed by atoms with Gasteiger partial charge in [0.25, 0.3) is 0 Å². The average Bonchev–Trinajstić information content (AvgIpc) is 2.95. The molecule has 1 spiro atoms. The zero-order chi connectivity index (χ0) is 10.5. The summed E-state index contributed by atoms with van der Waals surface area (Å²) in [6.45, 7) is 4.19. The van der Waals surface area contributed by atoms with Gasteiger partial charge >= 0.3 is 0 Å². The molecule has 0 aromatic carbocycles. The fourth-order valence-corrected chi connectivity index (χ4v) is 2.28. The third-order valence-electron chi connectivity index (χ3n) is 3.57. The van der Waals surface area contributed by atoms with Crippen LogP contribution in [0.5, 0.6) is 0 Å². The number of aldehydes is 1. The molecular formula is C12H14N2O. The molecule has 0 amide bonds. The summed E-state index contributed by atoms with van der Waals surface area (Å²) in [4.78, 5) is 17.4. The highest BCUT2D eigenvalue weighted by Crippen LogP contribution is 2.53. The first-order valence-corrected chi connectivity index (χ1v) is 5.40. The second kappa shape index (κ2) is 2.81. The predicted molar refractivity (Wildman–Crippen MR) is 58.2 cm³/mol. The van der Waals surface area contributed by atoms with Crippen LogP contribution in [-0.4, -0.2) is 24.4 Å². The monoisotopic (exact) mass is 202 g/mol. The van der Waals surface area contributed by atoms with E-state index in [2.05, 4.69) is 9.88 Å². The van der Waals surface area contributed by atoms with Crippen molar-refractivity contribution in [1.29, 1.82) is 0 Å². The van der Waals surface area contributed by atoms with Gasteiger partial charge in [0.1, 0.15) is 5.82 Å². The zero-order valence-corrected chi connectivity index (χ0v) is 8.86. The van der Waals surface area contributed by atoms with Gasteiger partial charge in [0.2, 0.25) is 0 Å². The Kier molecular flexibility index (Phi) is 1.67. The lowest BCUT2D eigenvalue weighted by Crippen LogP contribution is -2.48. The third-order valence-corrected chi connectivity index (χ3v) is 3.57. The number of nitrogens with zero attached hydrogens (tertiary/aromatic N) is 2. The second-order valence-corrected chi connectivity index (χ2v) is 4.82. The summed E-state index contributed by atoms with van der Waals surface area (Å²) in [5.74, 6) is 1.02. The number of hydrogen-bond acceptors (Lipinski definition) is 3. The summed E-state index contributed by atoms with van der Waals surface area (Å²) < 4.78 is 0. The Morgan fingerprint density at radius 1 is 1.40 bits per heavy atom. The summed E-state index contributed by atoms with van der Waals surface area (Å²) in [7, 11) is 0. The van der Waals surface area contributed by atoms with E-state index in [1.165, 1.54) is 12.8 Å². The summed E-state index contributed by atoms with van der Waals surface area (Å²) >= 11 is 0. The van der Waals surface area contributed by atoms with E-state index in [1.807, 2.05) is 19.1 Å². The highest BCUT2D eigenvalue weighted by molar-refractivity contribution is 5.76. The van der Waals surface area contributed by atoms with Crippen molar-refractivity contribution >= 4 is 12.1 Å². The maximum atomic E-state index is 10.7. The summed E-state index contributed by atoms with van der Waals surface area (Å²) in [6, 6.07) is 3.81. The van der Waals surface area contributed by atoms with E-state index in [-0.39, 0.29) is 0 Å². The Labute approximate surface area is 89.1 Å². The Bertz CT molecular complexity index is 416. The Morgan fingerprint density at radius 3 is 2.67 bits per heavy atom. The van der Waals surface area contributed by atoms with E-state index in [0.29, 0.717) is 11.0 Å². The van der Waals surface area contributed by atoms with E-state index < -0.39 is 0 Å². The topological polar surface area (TPSA) is 33.2 Å². The first-order chi connectivity index (χ1) is 7.22. The van der Waals surface area contributed by atoms with Crippen LogP contribution in [0.4, 0.5) is 5.82 Å². The lowest BCUT2D eigenvalue weighted by Gasteiger charge is -2.41. The average molecular weight is 202 g/mol. The number of pyridine rings is 1.